The van der Waals surface area contributed by atoms with E-state index in [1.54, 1.807) is 65.6 Å². The van der Waals surface area contributed by atoms with Crippen LogP contribution in [0.25, 0.3) is 6.08 Å². The molecular formula is C25H20Cl2N2O4. The second kappa shape index (κ2) is 10.4. The Bertz CT molecular complexity index is 1180. The van der Waals surface area contributed by atoms with Crippen LogP contribution in [0.4, 0.5) is 11.4 Å². The third-order valence-corrected chi connectivity index (χ3v) is 5.37. The molecule has 0 fully saturated rings. The largest absolute Gasteiger partial charge is 0.492 e. The molecule has 8 heteroatoms. The Morgan fingerprint density at radius 3 is 2.45 bits per heavy atom. The van der Waals surface area contributed by atoms with Crippen LogP contribution in [0.15, 0.2) is 72.8 Å². The van der Waals surface area contributed by atoms with Crippen LogP contribution in [0.2, 0.25) is 10.0 Å². The maximum absolute atomic E-state index is 12.5. The molecule has 2 amide bonds. The minimum absolute atomic E-state index is 0.0521. The monoisotopic (exact) mass is 482 g/mol. The predicted octanol–water partition coefficient (Wildman–Crippen LogP) is 5.45. The molecule has 6 nitrogen and oxygen atoms in total. The van der Waals surface area contributed by atoms with Gasteiger partial charge in [0.1, 0.15) is 18.1 Å². The van der Waals surface area contributed by atoms with Gasteiger partial charge in [-0.15, -0.1) is 0 Å². The number of ether oxygens (including phenoxy) is 2. The van der Waals surface area contributed by atoms with Crippen LogP contribution >= 0.6 is 23.2 Å². The van der Waals surface area contributed by atoms with Gasteiger partial charge >= 0.3 is 0 Å². The lowest BCUT2D eigenvalue weighted by atomic mass is 10.2. The number of benzene rings is 3. The number of nitrogens with one attached hydrogen (secondary N) is 1. The minimum atomic E-state index is -0.300. The Morgan fingerprint density at radius 2 is 1.73 bits per heavy atom. The fourth-order valence-electron chi connectivity index (χ4n) is 3.24. The normalized spacial score (nSPS) is 12.9. The molecule has 0 unspecified atom stereocenters. The molecule has 0 saturated heterocycles. The van der Waals surface area contributed by atoms with Gasteiger partial charge in [0, 0.05) is 21.8 Å². The van der Waals surface area contributed by atoms with Crippen molar-refractivity contribution in [2.75, 3.05) is 30.0 Å². The topological polar surface area (TPSA) is 67.9 Å². The van der Waals surface area contributed by atoms with E-state index in [1.807, 2.05) is 12.1 Å². The third-order valence-electron chi connectivity index (χ3n) is 4.86. The molecule has 1 aliphatic heterocycles. The quantitative estimate of drug-likeness (QED) is 0.454. The van der Waals surface area contributed by atoms with Gasteiger partial charge in [0.25, 0.3) is 5.91 Å². The minimum Gasteiger partial charge on any atom is -0.492 e. The summed E-state index contributed by atoms with van der Waals surface area (Å²) in [4.78, 5) is 26.4. The summed E-state index contributed by atoms with van der Waals surface area (Å²) >= 11 is 11.8. The summed E-state index contributed by atoms with van der Waals surface area (Å²) in [7, 11) is 0. The van der Waals surface area contributed by atoms with Crippen LogP contribution in [-0.4, -0.2) is 31.6 Å². The van der Waals surface area contributed by atoms with E-state index in [0.717, 1.165) is 5.56 Å². The van der Waals surface area contributed by atoms with E-state index in [-0.39, 0.29) is 25.0 Å². The number of carbonyl (C=O) groups is 2. The van der Waals surface area contributed by atoms with E-state index in [0.29, 0.717) is 39.5 Å². The number of hydrogen-bond donors (Lipinski definition) is 1. The van der Waals surface area contributed by atoms with Gasteiger partial charge in [0.05, 0.1) is 12.2 Å². The molecule has 0 saturated carbocycles. The van der Waals surface area contributed by atoms with Crippen molar-refractivity contribution >= 4 is 52.5 Å². The number of amides is 2. The van der Waals surface area contributed by atoms with Crippen LogP contribution in [0.1, 0.15) is 5.56 Å². The van der Waals surface area contributed by atoms with Crippen molar-refractivity contribution in [3.8, 4) is 11.5 Å². The summed E-state index contributed by atoms with van der Waals surface area (Å²) in [6.07, 6.45) is 3.12. The molecule has 168 valence electrons. The zero-order valence-corrected chi connectivity index (χ0v) is 19.0. The second-order valence-corrected chi connectivity index (χ2v) is 8.07. The lowest BCUT2D eigenvalue weighted by Crippen LogP contribution is -2.41. The first-order valence-electron chi connectivity index (χ1n) is 10.2. The standard InChI is InChI=1S/C25H20Cl2N2O4/c26-18-4-1-17(2-5-18)3-12-24(30)28-20-8-11-23-22(15-20)29(25(31)16-33-23)13-14-32-21-9-6-19(27)7-10-21/h1-12,15H,13-14,16H2,(H,28,30)/b12-3+. The first-order chi connectivity index (χ1) is 16.0. The predicted molar refractivity (Wildman–Crippen MR) is 130 cm³/mol. The van der Waals surface area contributed by atoms with Gasteiger partial charge in [0.15, 0.2) is 6.61 Å². The number of fused-ring (bicyclic) bond motifs is 1. The zero-order valence-electron chi connectivity index (χ0n) is 17.5. The summed E-state index contributed by atoms with van der Waals surface area (Å²) in [5.74, 6) is 0.739. The van der Waals surface area contributed by atoms with Crippen molar-refractivity contribution in [2.24, 2.45) is 0 Å². The Morgan fingerprint density at radius 1 is 1.03 bits per heavy atom. The van der Waals surface area contributed by atoms with Crippen LogP contribution < -0.4 is 19.7 Å². The number of rotatable bonds is 7. The summed E-state index contributed by atoms with van der Waals surface area (Å²) < 4.78 is 11.3. The van der Waals surface area contributed by atoms with Gasteiger partial charge in [-0.3, -0.25) is 9.59 Å². The number of carbonyl (C=O) groups excluding carboxylic acids is 2. The molecule has 0 bridgehead atoms. The van der Waals surface area contributed by atoms with E-state index in [4.69, 9.17) is 32.7 Å². The fraction of sp³-hybridized carbons (Fsp3) is 0.120. The summed E-state index contributed by atoms with van der Waals surface area (Å²) in [6.45, 7) is 0.558. The summed E-state index contributed by atoms with van der Waals surface area (Å²) in [5, 5.41) is 4.06. The molecule has 3 aromatic carbocycles. The highest BCUT2D eigenvalue weighted by Crippen LogP contribution is 2.34. The molecule has 3 aromatic rings. The van der Waals surface area contributed by atoms with Crippen molar-refractivity contribution in [3.63, 3.8) is 0 Å². The SMILES string of the molecule is O=C(/C=C/c1ccc(Cl)cc1)Nc1ccc2c(c1)N(CCOc1ccc(Cl)cc1)C(=O)CO2. The van der Waals surface area contributed by atoms with Crippen molar-refractivity contribution in [3.05, 3.63) is 88.4 Å². The molecule has 33 heavy (non-hydrogen) atoms. The van der Waals surface area contributed by atoms with Gasteiger partial charge in [-0.1, -0.05) is 35.3 Å². The van der Waals surface area contributed by atoms with Crippen LogP contribution in [0, 0.1) is 0 Å². The zero-order chi connectivity index (χ0) is 23.2. The molecule has 0 spiro atoms. The fourth-order valence-corrected chi connectivity index (χ4v) is 3.49. The van der Waals surface area contributed by atoms with Gasteiger partial charge in [-0.05, 0) is 66.2 Å². The van der Waals surface area contributed by atoms with Crippen LogP contribution in [0.3, 0.4) is 0 Å². The van der Waals surface area contributed by atoms with E-state index < -0.39 is 0 Å². The van der Waals surface area contributed by atoms with Gasteiger partial charge < -0.3 is 19.7 Å². The molecular weight excluding hydrogens is 463 g/mol. The maximum Gasteiger partial charge on any atom is 0.265 e. The van der Waals surface area contributed by atoms with Crippen molar-refractivity contribution < 1.29 is 19.1 Å². The van der Waals surface area contributed by atoms with E-state index in [1.165, 1.54) is 6.08 Å². The lowest BCUT2D eigenvalue weighted by molar-refractivity contribution is -0.121. The Labute approximate surface area is 201 Å². The van der Waals surface area contributed by atoms with Crippen LogP contribution in [0.5, 0.6) is 11.5 Å². The second-order valence-electron chi connectivity index (χ2n) is 7.19. The van der Waals surface area contributed by atoms with Gasteiger partial charge in [-0.25, -0.2) is 0 Å². The Kier molecular flexibility index (Phi) is 7.17. The number of hydrogen-bond acceptors (Lipinski definition) is 4. The highest BCUT2D eigenvalue weighted by Gasteiger charge is 2.26. The summed E-state index contributed by atoms with van der Waals surface area (Å²) in [5.41, 5.74) is 1.97. The first-order valence-corrected chi connectivity index (χ1v) is 10.9. The van der Waals surface area contributed by atoms with Crippen molar-refractivity contribution in [1.29, 1.82) is 0 Å². The smallest absolute Gasteiger partial charge is 0.265 e. The third kappa shape index (κ3) is 6.06. The van der Waals surface area contributed by atoms with Crippen LogP contribution in [-0.2, 0) is 9.59 Å². The molecule has 1 N–H and O–H groups in total. The number of halogens is 2. The average molecular weight is 483 g/mol. The van der Waals surface area contributed by atoms with E-state index in [9.17, 15) is 9.59 Å². The molecule has 0 radical (unpaired) electrons. The molecule has 4 rings (SSSR count). The lowest BCUT2D eigenvalue weighted by Gasteiger charge is -2.29. The Balaban J connectivity index is 1.41. The molecule has 0 aliphatic carbocycles. The van der Waals surface area contributed by atoms with E-state index >= 15 is 0 Å². The maximum atomic E-state index is 12.5. The molecule has 1 aliphatic rings. The van der Waals surface area contributed by atoms with Crippen molar-refractivity contribution in [2.45, 2.75) is 0 Å². The summed E-state index contributed by atoms with van der Waals surface area (Å²) in [6, 6.07) is 19.3. The number of anilines is 2. The average Bonchev–Trinajstić information content (AvgIpc) is 2.81. The molecule has 1 heterocycles. The van der Waals surface area contributed by atoms with E-state index in [2.05, 4.69) is 5.32 Å². The highest BCUT2D eigenvalue weighted by atomic mass is 35.5. The van der Waals surface area contributed by atoms with Gasteiger partial charge in [-0.2, -0.15) is 0 Å². The molecule has 0 aromatic heterocycles. The van der Waals surface area contributed by atoms with Crippen molar-refractivity contribution in [1.82, 2.24) is 0 Å². The highest BCUT2D eigenvalue weighted by molar-refractivity contribution is 6.30. The Hall–Kier alpha value is -3.48. The number of nitrogens with zero attached hydrogens (tertiary/aromatic N) is 1. The molecule has 0 atom stereocenters. The van der Waals surface area contributed by atoms with Gasteiger partial charge in [0.2, 0.25) is 5.91 Å². The first kappa shape index (κ1) is 22.7.